The minimum Gasteiger partial charge on any atom is -0.353 e. The lowest BCUT2D eigenvalue weighted by Gasteiger charge is -2.32. The largest absolute Gasteiger partial charge is 0.353 e. The summed E-state index contributed by atoms with van der Waals surface area (Å²) in [4.78, 5) is 12.1. The van der Waals surface area contributed by atoms with E-state index in [1.807, 2.05) is 0 Å². The Morgan fingerprint density at radius 2 is 1.81 bits per heavy atom. The second kappa shape index (κ2) is 7.30. The van der Waals surface area contributed by atoms with Crippen LogP contribution in [0.15, 0.2) is 0 Å². The molecule has 1 saturated carbocycles. The summed E-state index contributed by atoms with van der Waals surface area (Å²) in [6.45, 7) is 1.29. The molecule has 1 amide bonds. The molecule has 0 atom stereocenters. The predicted octanol–water partition coefficient (Wildman–Crippen LogP) is 0.143. The summed E-state index contributed by atoms with van der Waals surface area (Å²) in [6.07, 6.45) is 4.43. The molecule has 2 aliphatic rings. The van der Waals surface area contributed by atoms with Gasteiger partial charge in [0.25, 0.3) is 0 Å². The van der Waals surface area contributed by atoms with Crippen molar-refractivity contribution in [2.75, 3.05) is 36.9 Å². The van der Waals surface area contributed by atoms with Crippen molar-refractivity contribution in [1.29, 1.82) is 0 Å². The number of hydrogen-bond donors (Lipinski definition) is 2. The Morgan fingerprint density at radius 3 is 2.43 bits per heavy atom. The van der Waals surface area contributed by atoms with Gasteiger partial charge in [-0.15, -0.1) is 0 Å². The molecule has 0 aromatic rings. The third-order valence-corrected chi connectivity index (χ3v) is 7.02. The van der Waals surface area contributed by atoms with Crippen molar-refractivity contribution in [3.8, 4) is 0 Å². The summed E-state index contributed by atoms with van der Waals surface area (Å²) >= 11 is 1.77. The molecule has 0 unspecified atom stereocenters. The normalized spacial score (nSPS) is 23.7. The maximum Gasteiger partial charge on any atom is 0.240 e. The van der Waals surface area contributed by atoms with Crippen LogP contribution < -0.4 is 11.1 Å². The zero-order chi connectivity index (χ0) is 15.3. The minimum atomic E-state index is -3.27. The zero-order valence-corrected chi connectivity index (χ0v) is 14.0. The summed E-state index contributed by atoms with van der Waals surface area (Å²) in [5, 5.41) is 2.71. The van der Waals surface area contributed by atoms with Crippen molar-refractivity contribution in [2.45, 2.75) is 37.6 Å². The van der Waals surface area contributed by atoms with Gasteiger partial charge in [-0.1, -0.05) is 19.3 Å². The standard InChI is InChI=1S/C13H25N3O3S2/c14-13(4-2-1-3-5-13)12(17)15-6-11-21(18,19)16-7-9-20-10-8-16/h1-11,14H2,(H,15,17). The molecular formula is C13H25N3O3S2. The third-order valence-electron chi connectivity index (χ3n) is 4.21. The topological polar surface area (TPSA) is 92.5 Å². The fourth-order valence-electron chi connectivity index (χ4n) is 2.83. The molecule has 1 aliphatic heterocycles. The van der Waals surface area contributed by atoms with E-state index in [1.165, 1.54) is 4.31 Å². The second-order valence-electron chi connectivity index (χ2n) is 5.80. The van der Waals surface area contributed by atoms with E-state index in [1.54, 1.807) is 11.8 Å². The third kappa shape index (κ3) is 4.58. The van der Waals surface area contributed by atoms with Gasteiger partial charge in [-0.25, -0.2) is 12.7 Å². The van der Waals surface area contributed by atoms with Crippen LogP contribution in [0, 0.1) is 0 Å². The Bertz CT molecular complexity index is 455. The maximum absolute atomic E-state index is 12.2. The first-order valence-electron chi connectivity index (χ1n) is 7.57. The van der Waals surface area contributed by atoms with Crippen LogP contribution in [0.5, 0.6) is 0 Å². The van der Waals surface area contributed by atoms with Gasteiger partial charge in [0, 0.05) is 31.1 Å². The molecule has 2 fully saturated rings. The van der Waals surface area contributed by atoms with Crippen LogP contribution in [0.4, 0.5) is 0 Å². The Balaban J connectivity index is 1.79. The van der Waals surface area contributed by atoms with Crippen molar-refractivity contribution in [3.63, 3.8) is 0 Å². The monoisotopic (exact) mass is 335 g/mol. The number of thioether (sulfide) groups is 1. The van der Waals surface area contributed by atoms with Gasteiger partial charge in [0.15, 0.2) is 0 Å². The molecule has 0 bridgehead atoms. The number of amides is 1. The van der Waals surface area contributed by atoms with E-state index in [9.17, 15) is 13.2 Å². The van der Waals surface area contributed by atoms with Gasteiger partial charge >= 0.3 is 0 Å². The molecule has 1 aliphatic carbocycles. The lowest BCUT2D eigenvalue weighted by Crippen LogP contribution is -2.55. The molecule has 3 N–H and O–H groups in total. The molecule has 0 spiro atoms. The lowest BCUT2D eigenvalue weighted by atomic mass is 9.82. The van der Waals surface area contributed by atoms with E-state index in [2.05, 4.69) is 5.32 Å². The highest BCUT2D eigenvalue weighted by Crippen LogP contribution is 2.25. The number of carbonyl (C=O) groups is 1. The number of sulfonamides is 1. The Hall–Kier alpha value is -0.310. The molecule has 0 radical (unpaired) electrons. The number of carbonyl (C=O) groups excluding carboxylic acids is 1. The first-order chi connectivity index (χ1) is 9.94. The fourth-order valence-corrected chi connectivity index (χ4v) is 5.32. The first kappa shape index (κ1) is 17.1. The Kier molecular flexibility index (Phi) is 5.93. The molecule has 0 aromatic heterocycles. The highest BCUT2D eigenvalue weighted by molar-refractivity contribution is 7.99. The summed E-state index contributed by atoms with van der Waals surface area (Å²) in [5.41, 5.74) is 5.32. The number of hydrogen-bond acceptors (Lipinski definition) is 5. The van der Waals surface area contributed by atoms with Gasteiger partial charge in [0.2, 0.25) is 15.9 Å². The van der Waals surface area contributed by atoms with Gasteiger partial charge in [-0.3, -0.25) is 4.79 Å². The SMILES string of the molecule is NC1(C(=O)NCCS(=O)(=O)N2CCSCC2)CCCCC1. The second-order valence-corrected chi connectivity index (χ2v) is 9.11. The maximum atomic E-state index is 12.2. The molecule has 0 aromatic carbocycles. The molecule has 122 valence electrons. The van der Waals surface area contributed by atoms with Gasteiger partial charge in [-0.2, -0.15) is 11.8 Å². The number of nitrogens with one attached hydrogen (secondary N) is 1. The summed E-state index contributed by atoms with van der Waals surface area (Å²) in [6, 6.07) is 0. The van der Waals surface area contributed by atoms with Gasteiger partial charge < -0.3 is 11.1 Å². The molecule has 6 nitrogen and oxygen atoms in total. The highest BCUT2D eigenvalue weighted by Gasteiger charge is 2.35. The molecule has 21 heavy (non-hydrogen) atoms. The predicted molar refractivity (Wildman–Crippen MR) is 85.7 cm³/mol. The van der Waals surface area contributed by atoms with Crippen LogP contribution in [0.3, 0.4) is 0 Å². The summed E-state index contributed by atoms with van der Waals surface area (Å²) in [7, 11) is -3.27. The Labute approximate surface area is 131 Å². The molecule has 8 heteroatoms. The van der Waals surface area contributed by atoms with Crippen LogP contribution in [0.25, 0.3) is 0 Å². The quantitative estimate of drug-likeness (QED) is 0.746. The Morgan fingerprint density at radius 1 is 1.19 bits per heavy atom. The van der Waals surface area contributed by atoms with Gasteiger partial charge in [0.05, 0.1) is 11.3 Å². The first-order valence-corrected chi connectivity index (χ1v) is 10.3. The average Bonchev–Trinajstić information content (AvgIpc) is 2.48. The summed E-state index contributed by atoms with van der Waals surface area (Å²) < 4.78 is 25.8. The number of rotatable bonds is 5. The fraction of sp³-hybridized carbons (Fsp3) is 0.923. The van der Waals surface area contributed by atoms with E-state index in [0.717, 1.165) is 30.8 Å². The number of nitrogens with zero attached hydrogens (tertiary/aromatic N) is 1. The number of nitrogens with two attached hydrogens (primary N) is 1. The van der Waals surface area contributed by atoms with Crippen LogP contribution >= 0.6 is 11.8 Å². The van der Waals surface area contributed by atoms with E-state index in [-0.39, 0.29) is 18.2 Å². The van der Waals surface area contributed by atoms with Crippen molar-refractivity contribution in [1.82, 2.24) is 9.62 Å². The smallest absolute Gasteiger partial charge is 0.240 e. The molecular weight excluding hydrogens is 310 g/mol. The minimum absolute atomic E-state index is 0.0422. The van der Waals surface area contributed by atoms with Crippen LogP contribution in [0.2, 0.25) is 0 Å². The van der Waals surface area contributed by atoms with Crippen molar-refractivity contribution in [2.24, 2.45) is 5.73 Å². The van der Waals surface area contributed by atoms with Crippen molar-refractivity contribution >= 4 is 27.7 Å². The molecule has 2 rings (SSSR count). The molecule has 1 heterocycles. The van der Waals surface area contributed by atoms with Gasteiger partial charge in [0.1, 0.15) is 0 Å². The van der Waals surface area contributed by atoms with Crippen molar-refractivity contribution in [3.05, 3.63) is 0 Å². The lowest BCUT2D eigenvalue weighted by molar-refractivity contribution is -0.127. The van der Waals surface area contributed by atoms with Crippen LogP contribution in [-0.4, -0.2) is 61.1 Å². The van der Waals surface area contributed by atoms with Crippen LogP contribution in [0.1, 0.15) is 32.1 Å². The summed E-state index contributed by atoms with van der Waals surface area (Å²) in [5.74, 6) is 1.45. The van der Waals surface area contributed by atoms with Crippen LogP contribution in [-0.2, 0) is 14.8 Å². The highest BCUT2D eigenvalue weighted by atomic mass is 32.2. The van der Waals surface area contributed by atoms with Crippen molar-refractivity contribution < 1.29 is 13.2 Å². The molecule has 1 saturated heterocycles. The zero-order valence-electron chi connectivity index (χ0n) is 12.3. The van der Waals surface area contributed by atoms with Gasteiger partial charge in [-0.05, 0) is 12.8 Å². The van der Waals surface area contributed by atoms with E-state index >= 15 is 0 Å². The average molecular weight is 335 g/mol. The van der Waals surface area contributed by atoms with E-state index in [4.69, 9.17) is 5.73 Å². The van der Waals surface area contributed by atoms with E-state index in [0.29, 0.717) is 25.9 Å². The van der Waals surface area contributed by atoms with E-state index < -0.39 is 15.6 Å².